The molecule has 0 spiro atoms. The summed E-state index contributed by atoms with van der Waals surface area (Å²) in [6.45, 7) is 3.95. The van der Waals surface area contributed by atoms with E-state index in [9.17, 15) is 9.59 Å². The van der Waals surface area contributed by atoms with Crippen LogP contribution in [0.3, 0.4) is 0 Å². The number of methoxy groups -OCH3 is 3. The van der Waals surface area contributed by atoms with Gasteiger partial charge < -0.3 is 24.0 Å². The molecule has 7 heteroatoms. The minimum absolute atomic E-state index is 0.0525. The Balaban J connectivity index is 2.09. The van der Waals surface area contributed by atoms with E-state index in [2.05, 4.69) is 0 Å². The Morgan fingerprint density at radius 2 is 1.46 bits per heavy atom. The summed E-state index contributed by atoms with van der Waals surface area (Å²) in [5, 5.41) is 0. The van der Waals surface area contributed by atoms with Crippen LogP contribution >= 0.6 is 0 Å². The van der Waals surface area contributed by atoms with Crippen LogP contribution in [-0.4, -0.2) is 75.7 Å². The molecule has 0 radical (unpaired) electrons. The van der Waals surface area contributed by atoms with Gasteiger partial charge in [-0.2, -0.15) is 0 Å². The van der Waals surface area contributed by atoms with Crippen molar-refractivity contribution in [3.63, 3.8) is 0 Å². The maximum absolute atomic E-state index is 12.7. The van der Waals surface area contributed by atoms with Gasteiger partial charge in [-0.1, -0.05) is 0 Å². The van der Waals surface area contributed by atoms with Crippen molar-refractivity contribution >= 4 is 11.8 Å². The van der Waals surface area contributed by atoms with Gasteiger partial charge in [-0.15, -0.1) is 0 Å². The normalized spacial score (nSPS) is 14.5. The molecule has 0 unspecified atom stereocenters. The highest BCUT2D eigenvalue weighted by molar-refractivity contribution is 5.95. The molecule has 132 valence electrons. The lowest BCUT2D eigenvalue weighted by Crippen LogP contribution is -2.51. The number of benzene rings is 1. The second-order valence-electron chi connectivity index (χ2n) is 5.61. The Kier molecular flexibility index (Phi) is 6.03. The van der Waals surface area contributed by atoms with Crippen LogP contribution < -0.4 is 9.47 Å². The summed E-state index contributed by atoms with van der Waals surface area (Å²) >= 11 is 0. The standard InChI is InChI=1S/C17H24N2O5/c1-12-14(23-3)9-13(10-15(12)24-4)17(21)19-7-5-18(6-8-19)16(20)11-22-2/h9-10H,5-8,11H2,1-4H3. The van der Waals surface area contributed by atoms with Crippen LogP contribution in [0.25, 0.3) is 0 Å². The van der Waals surface area contributed by atoms with Crippen LogP contribution in [0.4, 0.5) is 0 Å². The quantitative estimate of drug-likeness (QED) is 0.801. The number of ether oxygens (including phenoxy) is 3. The highest BCUT2D eigenvalue weighted by atomic mass is 16.5. The maximum Gasteiger partial charge on any atom is 0.254 e. The van der Waals surface area contributed by atoms with Crippen LogP contribution in [0.15, 0.2) is 12.1 Å². The third kappa shape index (κ3) is 3.79. The van der Waals surface area contributed by atoms with Gasteiger partial charge in [0.1, 0.15) is 18.1 Å². The molecule has 1 heterocycles. The predicted octanol–water partition coefficient (Wildman–Crippen LogP) is 0.943. The Morgan fingerprint density at radius 3 is 1.92 bits per heavy atom. The van der Waals surface area contributed by atoms with E-state index in [0.717, 1.165) is 5.56 Å². The smallest absolute Gasteiger partial charge is 0.254 e. The van der Waals surface area contributed by atoms with Crippen LogP contribution in [0, 0.1) is 6.92 Å². The number of hydrogen-bond acceptors (Lipinski definition) is 5. The summed E-state index contributed by atoms with van der Waals surface area (Å²) in [7, 11) is 4.63. The lowest BCUT2D eigenvalue weighted by atomic mass is 10.1. The summed E-state index contributed by atoms with van der Waals surface area (Å²) in [4.78, 5) is 28.0. The number of carbonyl (C=O) groups is 2. The fourth-order valence-electron chi connectivity index (χ4n) is 2.77. The Hall–Kier alpha value is -2.28. The molecule has 24 heavy (non-hydrogen) atoms. The molecule has 2 rings (SSSR count). The SMILES string of the molecule is COCC(=O)N1CCN(C(=O)c2cc(OC)c(C)c(OC)c2)CC1. The van der Waals surface area contributed by atoms with Crippen molar-refractivity contribution in [1.29, 1.82) is 0 Å². The molecule has 0 aromatic heterocycles. The van der Waals surface area contributed by atoms with E-state index in [1.807, 2.05) is 6.92 Å². The number of amides is 2. The first-order valence-electron chi connectivity index (χ1n) is 7.80. The van der Waals surface area contributed by atoms with Gasteiger partial charge in [0.05, 0.1) is 14.2 Å². The van der Waals surface area contributed by atoms with Gasteiger partial charge in [0, 0.05) is 44.4 Å². The van der Waals surface area contributed by atoms with E-state index < -0.39 is 0 Å². The van der Waals surface area contributed by atoms with E-state index in [-0.39, 0.29) is 18.4 Å². The summed E-state index contributed by atoms with van der Waals surface area (Å²) in [5.74, 6) is 1.09. The molecule has 1 aromatic carbocycles. The Labute approximate surface area is 142 Å². The first-order chi connectivity index (χ1) is 11.5. The zero-order chi connectivity index (χ0) is 17.7. The molecule has 7 nitrogen and oxygen atoms in total. The van der Waals surface area contributed by atoms with Gasteiger partial charge in [0.15, 0.2) is 0 Å². The minimum atomic E-state index is -0.0922. The predicted molar refractivity (Wildman–Crippen MR) is 88.6 cm³/mol. The van der Waals surface area contributed by atoms with Crippen LogP contribution in [-0.2, 0) is 9.53 Å². The van der Waals surface area contributed by atoms with E-state index in [0.29, 0.717) is 43.2 Å². The van der Waals surface area contributed by atoms with E-state index >= 15 is 0 Å². The zero-order valence-corrected chi connectivity index (χ0v) is 14.6. The molecule has 0 saturated carbocycles. The van der Waals surface area contributed by atoms with Gasteiger partial charge in [-0.25, -0.2) is 0 Å². The molecule has 1 aromatic rings. The second kappa shape index (κ2) is 8.01. The lowest BCUT2D eigenvalue weighted by Gasteiger charge is -2.34. The topological polar surface area (TPSA) is 68.3 Å². The molecular formula is C17H24N2O5. The van der Waals surface area contributed by atoms with Gasteiger partial charge in [-0.05, 0) is 19.1 Å². The molecule has 0 atom stereocenters. The maximum atomic E-state index is 12.7. The molecule has 1 fully saturated rings. The largest absolute Gasteiger partial charge is 0.496 e. The average molecular weight is 336 g/mol. The fourth-order valence-corrected chi connectivity index (χ4v) is 2.77. The summed E-state index contributed by atoms with van der Waals surface area (Å²) < 4.78 is 15.5. The average Bonchev–Trinajstić information content (AvgIpc) is 2.61. The van der Waals surface area contributed by atoms with E-state index in [4.69, 9.17) is 14.2 Å². The van der Waals surface area contributed by atoms with Crippen molar-refractivity contribution in [2.45, 2.75) is 6.92 Å². The summed E-state index contributed by atoms with van der Waals surface area (Å²) in [6.07, 6.45) is 0. The fraction of sp³-hybridized carbons (Fsp3) is 0.529. The van der Waals surface area contributed by atoms with Gasteiger partial charge in [-0.3, -0.25) is 9.59 Å². The molecular weight excluding hydrogens is 312 g/mol. The van der Waals surface area contributed by atoms with E-state index in [1.165, 1.54) is 7.11 Å². The monoisotopic (exact) mass is 336 g/mol. The molecule has 0 N–H and O–H groups in total. The van der Waals surface area contributed by atoms with E-state index in [1.54, 1.807) is 36.2 Å². The second-order valence-corrected chi connectivity index (χ2v) is 5.61. The van der Waals surface area contributed by atoms with Crippen molar-refractivity contribution < 1.29 is 23.8 Å². The van der Waals surface area contributed by atoms with Crippen molar-refractivity contribution in [1.82, 2.24) is 9.80 Å². The van der Waals surface area contributed by atoms with Crippen LogP contribution in [0.2, 0.25) is 0 Å². The molecule has 0 aliphatic carbocycles. The number of carbonyl (C=O) groups excluding carboxylic acids is 2. The number of nitrogens with zero attached hydrogens (tertiary/aromatic N) is 2. The van der Waals surface area contributed by atoms with Gasteiger partial charge >= 0.3 is 0 Å². The minimum Gasteiger partial charge on any atom is -0.496 e. The van der Waals surface area contributed by atoms with Gasteiger partial charge in [0.25, 0.3) is 5.91 Å². The highest BCUT2D eigenvalue weighted by Gasteiger charge is 2.25. The Bertz CT molecular complexity index is 584. The summed E-state index contributed by atoms with van der Waals surface area (Å²) in [6, 6.07) is 3.45. The number of piperazine rings is 1. The Morgan fingerprint density at radius 1 is 0.958 bits per heavy atom. The first-order valence-corrected chi connectivity index (χ1v) is 7.80. The zero-order valence-electron chi connectivity index (χ0n) is 14.6. The first kappa shape index (κ1) is 18.1. The third-order valence-corrected chi connectivity index (χ3v) is 4.19. The van der Waals surface area contributed by atoms with Crippen molar-refractivity contribution in [3.05, 3.63) is 23.3 Å². The number of hydrogen-bond donors (Lipinski definition) is 0. The van der Waals surface area contributed by atoms with Crippen LogP contribution in [0.1, 0.15) is 15.9 Å². The van der Waals surface area contributed by atoms with Crippen molar-refractivity contribution in [3.8, 4) is 11.5 Å². The van der Waals surface area contributed by atoms with Crippen LogP contribution in [0.5, 0.6) is 11.5 Å². The highest BCUT2D eigenvalue weighted by Crippen LogP contribution is 2.30. The molecule has 0 bridgehead atoms. The molecule has 2 amide bonds. The van der Waals surface area contributed by atoms with Crippen molar-refractivity contribution in [2.75, 3.05) is 54.1 Å². The molecule has 1 saturated heterocycles. The van der Waals surface area contributed by atoms with Gasteiger partial charge in [0.2, 0.25) is 5.91 Å². The van der Waals surface area contributed by atoms with Crippen molar-refractivity contribution in [2.24, 2.45) is 0 Å². The third-order valence-electron chi connectivity index (χ3n) is 4.19. The molecule has 1 aliphatic heterocycles. The summed E-state index contributed by atoms with van der Waals surface area (Å²) in [5.41, 5.74) is 1.37. The molecule has 1 aliphatic rings. The number of rotatable bonds is 5. The lowest BCUT2D eigenvalue weighted by molar-refractivity contribution is -0.136.